The quantitative estimate of drug-likeness (QED) is 0.694. The van der Waals surface area contributed by atoms with Gasteiger partial charge in [0.2, 0.25) is 5.88 Å². The number of aromatic nitrogens is 2. The van der Waals surface area contributed by atoms with Gasteiger partial charge in [-0.3, -0.25) is 0 Å². The van der Waals surface area contributed by atoms with E-state index in [4.69, 9.17) is 4.74 Å². The van der Waals surface area contributed by atoms with Gasteiger partial charge in [0.15, 0.2) is 5.16 Å². The van der Waals surface area contributed by atoms with Crippen LogP contribution in [0.4, 0.5) is 10.5 Å². The lowest BCUT2D eigenvalue weighted by molar-refractivity contribution is 0.230. The van der Waals surface area contributed by atoms with Crippen LogP contribution >= 0.6 is 11.8 Å². The molecule has 0 atom stereocenters. The monoisotopic (exact) mass is 304 g/mol. The normalized spacial score (nSPS) is 10.0. The zero-order valence-electron chi connectivity index (χ0n) is 12.0. The zero-order chi connectivity index (χ0) is 15.2. The summed E-state index contributed by atoms with van der Waals surface area (Å²) in [5.41, 5.74) is 0.702. The van der Waals surface area contributed by atoms with Crippen LogP contribution in [0.2, 0.25) is 0 Å². The summed E-state index contributed by atoms with van der Waals surface area (Å²) >= 11 is 1.45. The number of amides is 2. The van der Waals surface area contributed by atoms with Gasteiger partial charge in [0, 0.05) is 32.0 Å². The number of nitrogens with one attached hydrogen (secondary N) is 1. The summed E-state index contributed by atoms with van der Waals surface area (Å²) in [5.74, 6) is 1.13. The molecule has 0 unspecified atom stereocenters. The highest BCUT2D eigenvalue weighted by Gasteiger charge is 2.05. The molecule has 0 spiro atoms. The van der Waals surface area contributed by atoms with Gasteiger partial charge in [-0.2, -0.15) is 4.98 Å². The zero-order valence-corrected chi connectivity index (χ0v) is 12.8. The first kappa shape index (κ1) is 15.1. The number of thioether (sulfide) groups is 1. The molecule has 2 amide bonds. The predicted molar refractivity (Wildman–Crippen MR) is 83.0 cm³/mol. The summed E-state index contributed by atoms with van der Waals surface area (Å²) in [6.45, 7) is 0. The van der Waals surface area contributed by atoms with Crippen LogP contribution in [-0.4, -0.2) is 41.3 Å². The van der Waals surface area contributed by atoms with Gasteiger partial charge in [-0.15, -0.1) is 0 Å². The summed E-state index contributed by atoms with van der Waals surface area (Å²) in [6, 6.07) is 8.60. The maximum atomic E-state index is 11.5. The van der Waals surface area contributed by atoms with Crippen LogP contribution in [0.1, 0.15) is 0 Å². The number of rotatable bonds is 4. The molecule has 0 bridgehead atoms. The standard InChI is InChI=1S/C14H16N4O2S/c1-18(2)14(19)16-10-4-6-11(7-5-10)20-12-8-9-15-13(17-12)21-3/h4-9H,1-3H3,(H,16,19). The number of nitrogens with zero attached hydrogens (tertiary/aromatic N) is 3. The Labute approximate surface area is 127 Å². The molecule has 21 heavy (non-hydrogen) atoms. The van der Waals surface area contributed by atoms with Crippen molar-refractivity contribution < 1.29 is 9.53 Å². The lowest BCUT2D eigenvalue weighted by Gasteiger charge is -2.12. The number of anilines is 1. The van der Waals surface area contributed by atoms with Crippen molar-refractivity contribution in [1.82, 2.24) is 14.9 Å². The lowest BCUT2D eigenvalue weighted by Crippen LogP contribution is -2.27. The summed E-state index contributed by atoms with van der Waals surface area (Å²) < 4.78 is 5.64. The molecule has 1 aromatic carbocycles. The first-order valence-corrected chi connectivity index (χ1v) is 7.44. The average molecular weight is 304 g/mol. The highest BCUT2D eigenvalue weighted by atomic mass is 32.2. The topological polar surface area (TPSA) is 67.3 Å². The van der Waals surface area contributed by atoms with Gasteiger partial charge >= 0.3 is 6.03 Å². The Kier molecular flexibility index (Phi) is 4.99. The first-order chi connectivity index (χ1) is 10.1. The number of benzene rings is 1. The number of hydrogen-bond donors (Lipinski definition) is 1. The predicted octanol–water partition coefficient (Wildman–Crippen LogP) is 3.08. The van der Waals surface area contributed by atoms with E-state index in [2.05, 4.69) is 15.3 Å². The summed E-state index contributed by atoms with van der Waals surface area (Å²) in [4.78, 5) is 21.3. The van der Waals surface area contributed by atoms with E-state index in [-0.39, 0.29) is 6.03 Å². The number of ether oxygens (including phenoxy) is 1. The fourth-order valence-electron chi connectivity index (χ4n) is 1.44. The Balaban J connectivity index is 2.03. The van der Waals surface area contributed by atoms with Gasteiger partial charge in [0.25, 0.3) is 0 Å². The van der Waals surface area contributed by atoms with Crippen LogP contribution in [0.15, 0.2) is 41.7 Å². The number of urea groups is 1. The molecule has 1 heterocycles. The van der Waals surface area contributed by atoms with Gasteiger partial charge in [0.1, 0.15) is 5.75 Å². The smallest absolute Gasteiger partial charge is 0.321 e. The second kappa shape index (κ2) is 6.94. The van der Waals surface area contributed by atoms with Crippen molar-refractivity contribution in [3.63, 3.8) is 0 Å². The third kappa shape index (κ3) is 4.35. The van der Waals surface area contributed by atoms with Crippen LogP contribution in [0.5, 0.6) is 11.6 Å². The molecule has 1 N–H and O–H groups in total. The lowest BCUT2D eigenvalue weighted by atomic mass is 10.3. The van der Waals surface area contributed by atoms with Crippen LogP contribution in [0, 0.1) is 0 Å². The number of hydrogen-bond acceptors (Lipinski definition) is 5. The van der Waals surface area contributed by atoms with Crippen LogP contribution in [-0.2, 0) is 0 Å². The second-order valence-corrected chi connectivity index (χ2v) is 5.11. The molecule has 2 aromatic rings. The Hall–Kier alpha value is -2.28. The highest BCUT2D eigenvalue weighted by Crippen LogP contribution is 2.22. The van der Waals surface area contributed by atoms with E-state index in [1.165, 1.54) is 16.7 Å². The minimum absolute atomic E-state index is 0.177. The largest absolute Gasteiger partial charge is 0.439 e. The molecule has 6 nitrogen and oxygen atoms in total. The van der Waals surface area contributed by atoms with E-state index < -0.39 is 0 Å². The van der Waals surface area contributed by atoms with Crippen molar-refractivity contribution in [1.29, 1.82) is 0 Å². The van der Waals surface area contributed by atoms with Crippen molar-refractivity contribution in [2.45, 2.75) is 5.16 Å². The van der Waals surface area contributed by atoms with Crippen molar-refractivity contribution in [2.75, 3.05) is 25.7 Å². The van der Waals surface area contributed by atoms with Crippen LogP contribution in [0.3, 0.4) is 0 Å². The Morgan fingerprint density at radius 2 is 1.95 bits per heavy atom. The minimum atomic E-state index is -0.177. The minimum Gasteiger partial charge on any atom is -0.439 e. The Morgan fingerprint density at radius 1 is 1.24 bits per heavy atom. The van der Waals surface area contributed by atoms with Crippen molar-refractivity contribution in [2.24, 2.45) is 0 Å². The van der Waals surface area contributed by atoms with E-state index >= 15 is 0 Å². The van der Waals surface area contributed by atoms with Gasteiger partial charge in [-0.1, -0.05) is 11.8 Å². The molecule has 0 saturated heterocycles. The molecule has 0 aliphatic rings. The first-order valence-electron chi connectivity index (χ1n) is 6.22. The SMILES string of the molecule is CSc1nccc(Oc2ccc(NC(=O)N(C)C)cc2)n1. The van der Waals surface area contributed by atoms with Crippen LogP contribution < -0.4 is 10.1 Å². The van der Waals surface area contributed by atoms with E-state index in [1.807, 2.05) is 6.26 Å². The van der Waals surface area contributed by atoms with Crippen molar-refractivity contribution >= 4 is 23.5 Å². The van der Waals surface area contributed by atoms with E-state index in [9.17, 15) is 4.79 Å². The Morgan fingerprint density at radius 3 is 2.57 bits per heavy atom. The molecule has 0 aliphatic carbocycles. The fourth-order valence-corrected chi connectivity index (χ4v) is 1.79. The maximum absolute atomic E-state index is 11.5. The molecule has 0 aliphatic heterocycles. The summed E-state index contributed by atoms with van der Waals surface area (Å²) in [5, 5.41) is 3.41. The van der Waals surface area contributed by atoms with Gasteiger partial charge < -0.3 is 15.0 Å². The molecular formula is C14H16N4O2S. The van der Waals surface area contributed by atoms with E-state index in [0.717, 1.165) is 0 Å². The molecule has 0 radical (unpaired) electrons. The Bertz CT molecular complexity index is 617. The summed E-state index contributed by atoms with van der Waals surface area (Å²) in [7, 11) is 3.37. The number of carbonyl (C=O) groups excluding carboxylic acids is 1. The molecule has 1 aromatic heterocycles. The third-order valence-electron chi connectivity index (χ3n) is 2.52. The molecular weight excluding hydrogens is 288 g/mol. The van der Waals surface area contributed by atoms with Crippen LogP contribution in [0.25, 0.3) is 0 Å². The molecule has 110 valence electrons. The molecule has 0 saturated carbocycles. The molecule has 2 rings (SSSR count). The van der Waals surface area contributed by atoms with E-state index in [0.29, 0.717) is 22.5 Å². The average Bonchev–Trinajstić information content (AvgIpc) is 2.49. The third-order valence-corrected chi connectivity index (χ3v) is 3.09. The van der Waals surface area contributed by atoms with Crippen molar-refractivity contribution in [3.05, 3.63) is 36.5 Å². The van der Waals surface area contributed by atoms with Gasteiger partial charge in [-0.25, -0.2) is 9.78 Å². The molecule has 7 heteroatoms. The highest BCUT2D eigenvalue weighted by molar-refractivity contribution is 7.98. The van der Waals surface area contributed by atoms with Crippen molar-refractivity contribution in [3.8, 4) is 11.6 Å². The second-order valence-electron chi connectivity index (χ2n) is 4.33. The van der Waals surface area contributed by atoms with Gasteiger partial charge in [-0.05, 0) is 30.5 Å². The van der Waals surface area contributed by atoms with Gasteiger partial charge in [0.05, 0.1) is 0 Å². The molecule has 0 fully saturated rings. The fraction of sp³-hybridized carbons (Fsp3) is 0.214. The number of carbonyl (C=O) groups is 1. The van der Waals surface area contributed by atoms with E-state index in [1.54, 1.807) is 50.6 Å². The maximum Gasteiger partial charge on any atom is 0.321 e. The summed E-state index contributed by atoms with van der Waals surface area (Å²) in [6.07, 6.45) is 3.56.